The molecule has 0 nitrogen and oxygen atoms in total. The minimum absolute atomic E-state index is 1.23. The quantitative estimate of drug-likeness (QED) is 0.321. The van der Waals surface area contributed by atoms with Gasteiger partial charge in [-0.05, 0) is 19.3 Å². The van der Waals surface area contributed by atoms with E-state index in [1.165, 1.54) is 57.8 Å². The van der Waals surface area contributed by atoms with Gasteiger partial charge in [0.25, 0.3) is 0 Å². The second kappa shape index (κ2) is 13.5. The lowest BCUT2D eigenvalue weighted by molar-refractivity contribution is 0.637. The molecule has 0 amide bonds. The van der Waals surface area contributed by atoms with Crippen molar-refractivity contribution < 1.29 is 0 Å². The van der Waals surface area contributed by atoms with E-state index in [1.807, 2.05) is 0 Å². The van der Waals surface area contributed by atoms with E-state index in [-0.39, 0.29) is 0 Å². The Kier molecular flexibility index (Phi) is 13.0. The van der Waals surface area contributed by atoms with Crippen LogP contribution in [0.25, 0.3) is 0 Å². The van der Waals surface area contributed by atoms with Crippen LogP contribution in [0.15, 0.2) is 24.3 Å². The van der Waals surface area contributed by atoms with Crippen molar-refractivity contribution in [2.45, 2.75) is 71.6 Å². The van der Waals surface area contributed by atoms with Crippen LogP contribution in [0.5, 0.6) is 0 Å². The molecule has 0 aromatic carbocycles. The fourth-order valence-corrected chi connectivity index (χ4v) is 1.54. The zero-order valence-corrected chi connectivity index (χ0v) is 10.7. The molecule has 0 aromatic heterocycles. The van der Waals surface area contributed by atoms with Crippen LogP contribution in [0.1, 0.15) is 71.6 Å². The van der Waals surface area contributed by atoms with Crippen molar-refractivity contribution in [1.29, 1.82) is 0 Å². The molecule has 0 aliphatic rings. The fraction of sp³-hybridized carbons (Fsp3) is 0.733. The average Bonchev–Trinajstić information content (AvgIpc) is 2.26. The third-order valence-electron chi connectivity index (χ3n) is 2.58. The summed E-state index contributed by atoms with van der Waals surface area (Å²) in [6, 6.07) is 0. The van der Waals surface area contributed by atoms with Crippen molar-refractivity contribution in [3.05, 3.63) is 24.3 Å². The van der Waals surface area contributed by atoms with Crippen LogP contribution in [0.3, 0.4) is 0 Å². The summed E-state index contributed by atoms with van der Waals surface area (Å²) in [6.45, 7) is 4.50. The van der Waals surface area contributed by atoms with Crippen LogP contribution in [0.2, 0.25) is 0 Å². The zero-order chi connectivity index (χ0) is 11.2. The van der Waals surface area contributed by atoms with Crippen molar-refractivity contribution in [2.75, 3.05) is 0 Å². The molecule has 0 N–H and O–H groups in total. The molecule has 0 unspecified atom stereocenters. The van der Waals surface area contributed by atoms with E-state index in [0.29, 0.717) is 0 Å². The Morgan fingerprint density at radius 2 is 1.13 bits per heavy atom. The van der Waals surface area contributed by atoms with E-state index < -0.39 is 0 Å². The summed E-state index contributed by atoms with van der Waals surface area (Å²) in [7, 11) is 0. The van der Waals surface area contributed by atoms with Crippen LogP contribution in [-0.2, 0) is 0 Å². The highest BCUT2D eigenvalue weighted by Gasteiger charge is 1.85. The van der Waals surface area contributed by atoms with Gasteiger partial charge in [0, 0.05) is 0 Å². The second-order valence-corrected chi connectivity index (χ2v) is 4.20. The molecule has 0 aliphatic heterocycles. The third-order valence-corrected chi connectivity index (χ3v) is 2.58. The Labute approximate surface area is 96.5 Å². The van der Waals surface area contributed by atoms with E-state index >= 15 is 0 Å². The van der Waals surface area contributed by atoms with Gasteiger partial charge in [-0.2, -0.15) is 0 Å². The predicted molar refractivity (Wildman–Crippen MR) is 71.2 cm³/mol. The normalized spacial score (nSPS) is 11.9. The van der Waals surface area contributed by atoms with Gasteiger partial charge >= 0.3 is 0 Å². The van der Waals surface area contributed by atoms with E-state index in [0.717, 1.165) is 0 Å². The SMILES string of the molecule is CCCC/C=C/C=C/CCCCCCC. The molecule has 0 radical (unpaired) electrons. The van der Waals surface area contributed by atoms with Crippen LogP contribution < -0.4 is 0 Å². The van der Waals surface area contributed by atoms with Crippen LogP contribution in [0.4, 0.5) is 0 Å². The Balaban J connectivity index is 3.13. The molecule has 0 fully saturated rings. The van der Waals surface area contributed by atoms with Crippen LogP contribution in [-0.4, -0.2) is 0 Å². The first kappa shape index (κ1) is 14.5. The molecule has 88 valence electrons. The molecule has 0 saturated carbocycles. The lowest BCUT2D eigenvalue weighted by Crippen LogP contribution is -1.75. The zero-order valence-electron chi connectivity index (χ0n) is 10.7. The molecule has 0 heteroatoms. The maximum atomic E-state index is 2.30. The molecule has 0 spiro atoms. The first-order chi connectivity index (χ1) is 7.41. The van der Waals surface area contributed by atoms with Crippen LogP contribution in [0, 0.1) is 0 Å². The molecule has 0 aromatic rings. The van der Waals surface area contributed by atoms with Gasteiger partial charge in [0.05, 0.1) is 0 Å². The van der Waals surface area contributed by atoms with Gasteiger partial charge in [0.2, 0.25) is 0 Å². The minimum Gasteiger partial charge on any atom is -0.0845 e. The van der Waals surface area contributed by atoms with Crippen molar-refractivity contribution >= 4 is 0 Å². The minimum atomic E-state index is 1.23. The summed E-state index contributed by atoms with van der Waals surface area (Å²) in [5.41, 5.74) is 0. The van der Waals surface area contributed by atoms with Gasteiger partial charge in [-0.1, -0.05) is 76.7 Å². The molecule has 0 aliphatic carbocycles. The maximum Gasteiger partial charge on any atom is -0.0348 e. The highest BCUT2D eigenvalue weighted by molar-refractivity contribution is 5.02. The molecular formula is C15H28. The van der Waals surface area contributed by atoms with Gasteiger partial charge < -0.3 is 0 Å². The highest BCUT2D eigenvalue weighted by Crippen LogP contribution is 2.05. The Bertz CT molecular complexity index is 153. The lowest BCUT2D eigenvalue weighted by Gasteiger charge is -1.95. The summed E-state index contributed by atoms with van der Waals surface area (Å²) in [4.78, 5) is 0. The summed E-state index contributed by atoms with van der Waals surface area (Å²) in [6.07, 6.45) is 21.0. The predicted octanol–water partition coefficient (Wildman–Crippen LogP) is 5.65. The monoisotopic (exact) mass is 208 g/mol. The summed E-state index contributed by atoms with van der Waals surface area (Å²) in [5.74, 6) is 0. The van der Waals surface area contributed by atoms with Gasteiger partial charge in [-0.15, -0.1) is 0 Å². The second-order valence-electron chi connectivity index (χ2n) is 4.20. The molecule has 15 heavy (non-hydrogen) atoms. The Morgan fingerprint density at radius 3 is 1.73 bits per heavy atom. The van der Waals surface area contributed by atoms with Gasteiger partial charge in [0.15, 0.2) is 0 Å². The van der Waals surface area contributed by atoms with Crippen molar-refractivity contribution in [1.82, 2.24) is 0 Å². The Morgan fingerprint density at radius 1 is 0.600 bits per heavy atom. The molecular weight excluding hydrogens is 180 g/mol. The standard InChI is InChI=1S/C15H28/c1-3-5-7-9-11-13-15-14-12-10-8-6-4-2/h9,11,13,15H,3-8,10,12,14H2,1-2H3/b11-9+,15-13+. The number of allylic oxidation sites excluding steroid dienone is 4. The summed E-state index contributed by atoms with van der Waals surface area (Å²) >= 11 is 0. The fourth-order valence-electron chi connectivity index (χ4n) is 1.54. The Hall–Kier alpha value is -0.520. The smallest absolute Gasteiger partial charge is 0.0348 e. The van der Waals surface area contributed by atoms with Crippen LogP contribution >= 0.6 is 0 Å². The van der Waals surface area contributed by atoms with Gasteiger partial charge in [-0.25, -0.2) is 0 Å². The number of hydrogen-bond donors (Lipinski definition) is 0. The number of hydrogen-bond acceptors (Lipinski definition) is 0. The molecule has 0 heterocycles. The van der Waals surface area contributed by atoms with E-state index in [4.69, 9.17) is 0 Å². The first-order valence-electron chi connectivity index (χ1n) is 6.73. The van der Waals surface area contributed by atoms with E-state index in [9.17, 15) is 0 Å². The van der Waals surface area contributed by atoms with Crippen molar-refractivity contribution in [3.63, 3.8) is 0 Å². The average molecular weight is 208 g/mol. The molecule has 0 rings (SSSR count). The van der Waals surface area contributed by atoms with Gasteiger partial charge in [0.1, 0.15) is 0 Å². The van der Waals surface area contributed by atoms with Crippen molar-refractivity contribution in [3.8, 4) is 0 Å². The number of rotatable bonds is 10. The van der Waals surface area contributed by atoms with Gasteiger partial charge in [-0.3, -0.25) is 0 Å². The molecule has 0 atom stereocenters. The summed E-state index contributed by atoms with van der Waals surface area (Å²) < 4.78 is 0. The lowest BCUT2D eigenvalue weighted by atomic mass is 10.1. The largest absolute Gasteiger partial charge is 0.0845 e. The molecule has 0 saturated heterocycles. The first-order valence-corrected chi connectivity index (χ1v) is 6.73. The third kappa shape index (κ3) is 13.5. The highest BCUT2D eigenvalue weighted by atomic mass is 13.9. The van der Waals surface area contributed by atoms with E-state index in [2.05, 4.69) is 38.2 Å². The van der Waals surface area contributed by atoms with E-state index in [1.54, 1.807) is 0 Å². The topological polar surface area (TPSA) is 0 Å². The summed E-state index contributed by atoms with van der Waals surface area (Å²) in [5, 5.41) is 0. The maximum absolute atomic E-state index is 2.30. The molecule has 0 bridgehead atoms. The number of unbranched alkanes of at least 4 members (excludes halogenated alkanes) is 7. The van der Waals surface area contributed by atoms with Crippen molar-refractivity contribution in [2.24, 2.45) is 0 Å².